The lowest BCUT2D eigenvalue weighted by atomic mass is 10.2. The Hall–Kier alpha value is -1.85. The number of amides is 1. The average molecular weight is 364 g/mol. The molecule has 126 valence electrons. The van der Waals surface area contributed by atoms with Crippen LogP contribution >= 0.6 is 23.4 Å². The average Bonchev–Trinajstić information content (AvgIpc) is 2.62. The Morgan fingerprint density at radius 2 is 1.96 bits per heavy atom. The predicted octanol–water partition coefficient (Wildman–Crippen LogP) is 4.01. The Morgan fingerprint density at radius 1 is 1.21 bits per heavy atom. The number of thioether (sulfide) groups is 1. The Bertz CT molecular complexity index is 724. The molecule has 1 aliphatic rings. The number of fused-ring (bicyclic) bond motifs is 1. The molecular weight excluding hydrogens is 346 g/mol. The van der Waals surface area contributed by atoms with Crippen LogP contribution in [0.4, 0.5) is 5.69 Å². The second-order valence-corrected chi connectivity index (χ2v) is 6.78. The summed E-state index contributed by atoms with van der Waals surface area (Å²) in [5, 5.41) is 0.551. The highest BCUT2D eigenvalue weighted by molar-refractivity contribution is 7.99. The fourth-order valence-corrected chi connectivity index (χ4v) is 3.56. The number of rotatable bonds is 5. The molecule has 0 aliphatic carbocycles. The zero-order valence-electron chi connectivity index (χ0n) is 13.3. The van der Waals surface area contributed by atoms with Crippen molar-refractivity contribution >= 4 is 35.0 Å². The smallest absolute Gasteiger partial charge is 0.236 e. The van der Waals surface area contributed by atoms with Crippen molar-refractivity contribution in [3.63, 3.8) is 0 Å². The summed E-state index contributed by atoms with van der Waals surface area (Å²) >= 11 is 7.78. The summed E-state index contributed by atoms with van der Waals surface area (Å²) in [6, 6.07) is 13.4. The number of benzene rings is 2. The predicted molar refractivity (Wildman–Crippen MR) is 98.5 cm³/mol. The molecule has 1 aliphatic heterocycles. The molecule has 0 saturated carbocycles. The molecule has 3 rings (SSSR count). The van der Waals surface area contributed by atoms with E-state index in [9.17, 15) is 4.79 Å². The molecule has 0 unspecified atom stereocenters. The van der Waals surface area contributed by atoms with E-state index in [1.54, 1.807) is 23.7 Å². The van der Waals surface area contributed by atoms with Gasteiger partial charge in [-0.3, -0.25) is 4.79 Å². The molecule has 1 amide bonds. The summed E-state index contributed by atoms with van der Waals surface area (Å²) in [6.07, 6.45) is 0. The first kappa shape index (κ1) is 17.0. The summed E-state index contributed by atoms with van der Waals surface area (Å²) in [6.45, 7) is 1.04. The molecule has 4 nitrogen and oxygen atoms in total. The number of halogens is 1. The summed E-state index contributed by atoms with van der Waals surface area (Å²) in [7, 11) is 1.79. The third-order valence-corrected chi connectivity index (χ3v) is 4.94. The summed E-state index contributed by atoms with van der Waals surface area (Å²) < 4.78 is 11.1. The molecule has 1 heterocycles. The van der Waals surface area contributed by atoms with Gasteiger partial charge in [0.2, 0.25) is 5.91 Å². The van der Waals surface area contributed by atoms with Gasteiger partial charge in [-0.15, -0.1) is 11.8 Å². The molecule has 0 fully saturated rings. The van der Waals surface area contributed by atoms with E-state index < -0.39 is 0 Å². The van der Waals surface area contributed by atoms with Crippen LogP contribution in [0, 0.1) is 0 Å². The van der Waals surface area contributed by atoms with Crippen LogP contribution in [0.2, 0.25) is 5.02 Å². The zero-order chi connectivity index (χ0) is 16.9. The molecule has 0 bridgehead atoms. The zero-order valence-corrected chi connectivity index (χ0v) is 14.9. The first-order valence-electron chi connectivity index (χ1n) is 7.62. The van der Waals surface area contributed by atoms with Crippen molar-refractivity contribution in [3.05, 3.63) is 53.1 Å². The highest BCUT2D eigenvalue weighted by Crippen LogP contribution is 2.39. The van der Waals surface area contributed by atoms with Crippen LogP contribution in [0.3, 0.4) is 0 Å². The molecule has 0 atom stereocenters. The van der Waals surface area contributed by atoms with Crippen LogP contribution < -0.4 is 14.4 Å². The lowest BCUT2D eigenvalue weighted by molar-refractivity contribution is -0.115. The van der Waals surface area contributed by atoms with Crippen LogP contribution in [-0.4, -0.2) is 31.9 Å². The maximum atomic E-state index is 12.3. The number of carbonyl (C=O) groups excluding carboxylic acids is 1. The van der Waals surface area contributed by atoms with Gasteiger partial charge in [-0.2, -0.15) is 0 Å². The molecule has 0 N–H and O–H groups in total. The van der Waals surface area contributed by atoms with Gasteiger partial charge in [-0.05, 0) is 29.8 Å². The Kier molecular flexibility index (Phi) is 5.53. The van der Waals surface area contributed by atoms with Gasteiger partial charge >= 0.3 is 0 Å². The van der Waals surface area contributed by atoms with Crippen molar-refractivity contribution < 1.29 is 14.3 Å². The monoisotopic (exact) mass is 363 g/mol. The normalized spacial score (nSPS) is 12.8. The van der Waals surface area contributed by atoms with Gasteiger partial charge in [0.05, 0.1) is 10.8 Å². The van der Waals surface area contributed by atoms with Crippen LogP contribution in [-0.2, 0) is 10.5 Å². The van der Waals surface area contributed by atoms with E-state index in [0.29, 0.717) is 41.2 Å². The minimum Gasteiger partial charge on any atom is -0.486 e. The fourth-order valence-electron chi connectivity index (χ4n) is 2.40. The highest BCUT2D eigenvalue weighted by atomic mass is 35.5. The summed E-state index contributed by atoms with van der Waals surface area (Å²) in [4.78, 5) is 13.9. The largest absolute Gasteiger partial charge is 0.486 e. The molecule has 0 saturated heterocycles. The molecule has 0 aromatic heterocycles. The lowest BCUT2D eigenvalue weighted by Crippen LogP contribution is -2.27. The van der Waals surface area contributed by atoms with Gasteiger partial charge in [-0.1, -0.05) is 29.8 Å². The number of ether oxygens (including phenoxy) is 2. The number of para-hydroxylation sites is 1. The second-order valence-electron chi connectivity index (χ2n) is 5.38. The van der Waals surface area contributed by atoms with Gasteiger partial charge in [-0.25, -0.2) is 0 Å². The Balaban J connectivity index is 1.56. The van der Waals surface area contributed by atoms with Gasteiger partial charge in [0.25, 0.3) is 0 Å². The minimum atomic E-state index is 0.0647. The van der Waals surface area contributed by atoms with E-state index >= 15 is 0 Å². The molecule has 0 spiro atoms. The second kappa shape index (κ2) is 7.81. The molecule has 6 heteroatoms. The van der Waals surface area contributed by atoms with Crippen molar-refractivity contribution in [1.29, 1.82) is 0 Å². The van der Waals surface area contributed by atoms with Gasteiger partial charge in [0.1, 0.15) is 13.2 Å². The third-order valence-electron chi connectivity index (χ3n) is 3.67. The van der Waals surface area contributed by atoms with E-state index in [2.05, 4.69) is 0 Å². The highest BCUT2D eigenvalue weighted by Gasteiger charge is 2.17. The van der Waals surface area contributed by atoms with Crippen molar-refractivity contribution in [1.82, 2.24) is 0 Å². The maximum absolute atomic E-state index is 12.3. The summed E-state index contributed by atoms with van der Waals surface area (Å²) in [5.41, 5.74) is 1.91. The van der Waals surface area contributed by atoms with Crippen molar-refractivity contribution in [3.8, 4) is 11.5 Å². The van der Waals surface area contributed by atoms with Gasteiger partial charge in [0.15, 0.2) is 11.5 Å². The standard InChI is InChI=1S/C18H18ClNO3S/c1-20(14-5-3-2-4-6-14)17(21)12-24-11-13-9-15(19)18-16(10-13)22-7-8-23-18/h2-6,9-10H,7-8,11-12H2,1H3. The molecule has 0 radical (unpaired) electrons. The SMILES string of the molecule is CN(C(=O)CSCc1cc(Cl)c2c(c1)OCCO2)c1ccccc1. The number of hydrogen-bond acceptors (Lipinski definition) is 4. The molecule has 24 heavy (non-hydrogen) atoms. The van der Waals surface area contributed by atoms with Crippen LogP contribution in [0.5, 0.6) is 11.5 Å². The number of anilines is 1. The lowest BCUT2D eigenvalue weighted by Gasteiger charge is -2.20. The molecule has 2 aromatic rings. The Morgan fingerprint density at radius 3 is 2.75 bits per heavy atom. The third kappa shape index (κ3) is 3.97. The molecular formula is C18H18ClNO3S. The summed E-state index contributed by atoms with van der Waals surface area (Å²) in [5.74, 6) is 2.44. The maximum Gasteiger partial charge on any atom is 0.236 e. The Labute approximate surface area is 150 Å². The number of nitrogens with zero attached hydrogens (tertiary/aromatic N) is 1. The van der Waals surface area contributed by atoms with E-state index in [4.69, 9.17) is 21.1 Å². The quantitative estimate of drug-likeness (QED) is 0.804. The molecule has 2 aromatic carbocycles. The van der Waals surface area contributed by atoms with Crippen molar-refractivity contribution in [2.45, 2.75) is 5.75 Å². The van der Waals surface area contributed by atoms with E-state index in [1.165, 1.54) is 0 Å². The van der Waals surface area contributed by atoms with E-state index in [-0.39, 0.29) is 5.91 Å². The number of hydrogen-bond donors (Lipinski definition) is 0. The van der Waals surface area contributed by atoms with Gasteiger partial charge in [0, 0.05) is 18.5 Å². The fraction of sp³-hybridized carbons (Fsp3) is 0.278. The first-order chi connectivity index (χ1) is 11.6. The number of carbonyl (C=O) groups is 1. The van der Waals surface area contributed by atoms with Crippen LogP contribution in [0.1, 0.15) is 5.56 Å². The van der Waals surface area contributed by atoms with E-state index in [0.717, 1.165) is 11.3 Å². The van der Waals surface area contributed by atoms with Gasteiger partial charge < -0.3 is 14.4 Å². The van der Waals surface area contributed by atoms with Crippen molar-refractivity contribution in [2.75, 3.05) is 30.9 Å². The van der Waals surface area contributed by atoms with Crippen LogP contribution in [0.15, 0.2) is 42.5 Å². The van der Waals surface area contributed by atoms with Crippen LogP contribution in [0.25, 0.3) is 0 Å². The minimum absolute atomic E-state index is 0.0647. The van der Waals surface area contributed by atoms with E-state index in [1.807, 2.05) is 42.5 Å². The van der Waals surface area contributed by atoms with Crippen molar-refractivity contribution in [2.24, 2.45) is 0 Å². The first-order valence-corrected chi connectivity index (χ1v) is 9.16. The topological polar surface area (TPSA) is 38.8 Å².